The van der Waals surface area contributed by atoms with E-state index in [1.165, 1.54) is 16.8 Å². The molecule has 9 nitrogen and oxygen atoms in total. The Morgan fingerprint density at radius 1 is 1.41 bits per heavy atom. The number of fused-ring (bicyclic) bond motifs is 2. The van der Waals surface area contributed by atoms with Gasteiger partial charge in [-0.05, 0) is 19.1 Å². The highest BCUT2D eigenvalue weighted by Crippen LogP contribution is 2.27. The minimum Gasteiger partial charge on any atom is -0.475 e. The first-order chi connectivity index (χ1) is 13.0. The van der Waals surface area contributed by atoms with E-state index in [4.69, 9.17) is 4.74 Å². The van der Waals surface area contributed by atoms with Crippen molar-refractivity contribution < 1.29 is 19.0 Å². The molecule has 1 aliphatic heterocycles. The van der Waals surface area contributed by atoms with Crippen LogP contribution in [-0.2, 0) is 0 Å². The van der Waals surface area contributed by atoms with Gasteiger partial charge in [0.1, 0.15) is 23.8 Å². The summed E-state index contributed by atoms with van der Waals surface area (Å²) in [5, 5.41) is 19.8. The van der Waals surface area contributed by atoms with Gasteiger partial charge in [-0.3, -0.25) is 4.79 Å². The summed E-state index contributed by atoms with van der Waals surface area (Å²) in [6, 6.07) is 1.84. The number of carbonyl (C=O) groups is 1. The Hall–Kier alpha value is -3.27. The molecule has 0 aromatic carbocycles. The normalized spacial score (nSPS) is 19.9. The molecule has 0 unspecified atom stereocenters. The van der Waals surface area contributed by atoms with Crippen LogP contribution in [0.3, 0.4) is 0 Å². The molecular weight excluding hydrogens is 355 g/mol. The van der Waals surface area contributed by atoms with Crippen molar-refractivity contribution in [2.75, 3.05) is 18.5 Å². The van der Waals surface area contributed by atoms with E-state index in [2.05, 4.69) is 25.7 Å². The third-order valence-corrected chi connectivity index (χ3v) is 4.19. The third-order valence-electron chi connectivity index (χ3n) is 4.19. The Kier molecular flexibility index (Phi) is 4.32. The molecule has 4 rings (SSSR count). The monoisotopic (exact) mass is 372 g/mol. The van der Waals surface area contributed by atoms with Gasteiger partial charge in [0.25, 0.3) is 5.91 Å². The number of nitrogens with zero attached hydrogens (tertiary/aromatic N) is 4. The Bertz CT molecular complexity index is 1010. The fraction of sp³-hybridized carbons (Fsp3) is 0.294. The number of hydrogen-bond donors (Lipinski definition) is 3. The summed E-state index contributed by atoms with van der Waals surface area (Å²) < 4.78 is 20.9. The topological polar surface area (TPSA) is 114 Å². The second kappa shape index (κ2) is 6.80. The number of nitrogens with one attached hydrogen (secondary N) is 2. The molecular formula is C17H17FN6O3. The maximum atomic E-state index is 13.8. The van der Waals surface area contributed by atoms with Crippen molar-refractivity contribution >= 4 is 17.4 Å². The number of hydrogen-bond acceptors (Lipinski definition) is 7. The van der Waals surface area contributed by atoms with Crippen LogP contribution in [0.15, 0.2) is 30.7 Å². The summed E-state index contributed by atoms with van der Waals surface area (Å²) in [5.41, 5.74) is 1.02. The Labute approximate surface area is 153 Å². The fourth-order valence-electron chi connectivity index (χ4n) is 2.87. The zero-order valence-corrected chi connectivity index (χ0v) is 14.4. The lowest BCUT2D eigenvalue weighted by atomic mass is 10.1. The number of aliphatic hydroxyl groups is 1. The van der Waals surface area contributed by atoms with Crippen LogP contribution >= 0.6 is 0 Å². The zero-order chi connectivity index (χ0) is 19.0. The van der Waals surface area contributed by atoms with Crippen LogP contribution < -0.4 is 15.4 Å². The average Bonchev–Trinajstić information content (AvgIpc) is 3.07. The number of pyridine rings is 1. The van der Waals surface area contributed by atoms with E-state index in [0.29, 0.717) is 22.6 Å². The molecule has 0 spiro atoms. The van der Waals surface area contributed by atoms with Crippen molar-refractivity contribution in [3.63, 3.8) is 0 Å². The van der Waals surface area contributed by atoms with Crippen LogP contribution in [0, 0.1) is 5.82 Å². The molecule has 27 heavy (non-hydrogen) atoms. The van der Waals surface area contributed by atoms with Gasteiger partial charge in [0, 0.05) is 11.8 Å². The highest BCUT2D eigenvalue weighted by Gasteiger charge is 2.22. The predicted octanol–water partition coefficient (Wildman–Crippen LogP) is 0.920. The smallest absolute Gasteiger partial charge is 0.257 e. The first-order valence-corrected chi connectivity index (χ1v) is 8.36. The number of carbonyl (C=O) groups excluding carboxylic acids is 1. The summed E-state index contributed by atoms with van der Waals surface area (Å²) in [6.07, 6.45) is 4.11. The van der Waals surface area contributed by atoms with Gasteiger partial charge in [-0.2, -0.15) is 5.10 Å². The third kappa shape index (κ3) is 3.26. The molecule has 3 aromatic rings. The van der Waals surface area contributed by atoms with Crippen molar-refractivity contribution in [1.82, 2.24) is 24.9 Å². The molecule has 2 bridgehead atoms. The van der Waals surface area contributed by atoms with E-state index < -0.39 is 11.9 Å². The lowest BCUT2D eigenvalue weighted by Crippen LogP contribution is -2.37. The van der Waals surface area contributed by atoms with Crippen molar-refractivity contribution in [3.05, 3.63) is 47.7 Å². The highest BCUT2D eigenvalue weighted by molar-refractivity contribution is 5.99. The van der Waals surface area contributed by atoms with E-state index in [0.717, 1.165) is 6.20 Å². The minimum atomic E-state index is -0.704. The Balaban J connectivity index is 1.84. The fourth-order valence-corrected chi connectivity index (χ4v) is 2.87. The quantitative estimate of drug-likeness (QED) is 0.582. The second-order valence-corrected chi connectivity index (χ2v) is 6.25. The molecule has 140 valence electrons. The Morgan fingerprint density at radius 3 is 3.07 bits per heavy atom. The number of aliphatic hydroxyl groups excluding tert-OH is 1. The summed E-state index contributed by atoms with van der Waals surface area (Å²) >= 11 is 0. The molecule has 0 saturated carbocycles. The van der Waals surface area contributed by atoms with E-state index in [1.54, 1.807) is 19.2 Å². The SMILES string of the molecule is C[C@@H]1COc2ncc(F)cc2[C@@H](CO)Nc2ccn3ncc(c3n2)C(=O)N1. The van der Waals surface area contributed by atoms with Gasteiger partial charge >= 0.3 is 0 Å². The lowest BCUT2D eigenvalue weighted by molar-refractivity contribution is 0.0927. The molecule has 3 aromatic heterocycles. The van der Waals surface area contributed by atoms with E-state index in [9.17, 15) is 14.3 Å². The van der Waals surface area contributed by atoms with Gasteiger partial charge in [0.05, 0.1) is 31.1 Å². The van der Waals surface area contributed by atoms with Crippen molar-refractivity contribution in [1.29, 1.82) is 0 Å². The molecule has 1 aliphatic rings. The van der Waals surface area contributed by atoms with Crippen LogP contribution in [0.1, 0.15) is 28.9 Å². The molecule has 0 radical (unpaired) electrons. The molecule has 0 saturated heterocycles. The summed E-state index contributed by atoms with van der Waals surface area (Å²) in [7, 11) is 0. The minimum absolute atomic E-state index is 0.116. The van der Waals surface area contributed by atoms with Crippen LogP contribution in [0.5, 0.6) is 5.88 Å². The van der Waals surface area contributed by atoms with E-state index in [-0.39, 0.29) is 31.0 Å². The predicted molar refractivity (Wildman–Crippen MR) is 93.1 cm³/mol. The highest BCUT2D eigenvalue weighted by atomic mass is 19.1. The van der Waals surface area contributed by atoms with Crippen molar-refractivity contribution in [2.24, 2.45) is 0 Å². The van der Waals surface area contributed by atoms with Crippen LogP contribution in [0.2, 0.25) is 0 Å². The maximum absolute atomic E-state index is 13.8. The Morgan fingerprint density at radius 2 is 2.26 bits per heavy atom. The first kappa shape index (κ1) is 17.2. The van der Waals surface area contributed by atoms with Crippen LogP contribution in [0.4, 0.5) is 10.2 Å². The van der Waals surface area contributed by atoms with Gasteiger partial charge in [-0.25, -0.2) is 18.9 Å². The number of rotatable bonds is 1. The standard InChI is InChI=1S/C17H17FN6O3/c1-9-8-27-17-11(4-10(18)5-19-17)13(7-25)22-14-2-3-24-15(23-14)12(6-20-24)16(26)21-9/h2-6,9,13,25H,7-8H2,1H3,(H,21,26)(H,22,23)/t9-,13-/m1/s1. The average molecular weight is 372 g/mol. The van der Waals surface area contributed by atoms with Crippen molar-refractivity contribution in [2.45, 2.75) is 19.0 Å². The molecule has 3 N–H and O–H groups in total. The van der Waals surface area contributed by atoms with Gasteiger partial charge < -0.3 is 20.5 Å². The number of halogens is 1. The van der Waals surface area contributed by atoms with Crippen LogP contribution in [0.25, 0.3) is 5.65 Å². The molecule has 0 fully saturated rings. The largest absolute Gasteiger partial charge is 0.475 e. The number of anilines is 1. The molecule has 4 heterocycles. The van der Waals surface area contributed by atoms with E-state index >= 15 is 0 Å². The maximum Gasteiger partial charge on any atom is 0.257 e. The van der Waals surface area contributed by atoms with Gasteiger partial charge in [0.15, 0.2) is 5.65 Å². The van der Waals surface area contributed by atoms with Gasteiger partial charge in [-0.15, -0.1) is 0 Å². The molecule has 2 atom stereocenters. The van der Waals surface area contributed by atoms with Gasteiger partial charge in [0.2, 0.25) is 5.88 Å². The number of amides is 1. The van der Waals surface area contributed by atoms with E-state index in [1.807, 2.05) is 0 Å². The van der Waals surface area contributed by atoms with Crippen LogP contribution in [-0.4, -0.2) is 49.9 Å². The van der Waals surface area contributed by atoms with Crippen molar-refractivity contribution in [3.8, 4) is 5.88 Å². The first-order valence-electron chi connectivity index (χ1n) is 8.36. The molecule has 10 heteroatoms. The molecule has 1 amide bonds. The summed E-state index contributed by atoms with van der Waals surface area (Å²) in [5.74, 6) is -0.327. The second-order valence-electron chi connectivity index (χ2n) is 6.25. The lowest BCUT2D eigenvalue weighted by Gasteiger charge is -2.20. The summed E-state index contributed by atoms with van der Waals surface area (Å²) in [4.78, 5) is 20.9. The van der Waals surface area contributed by atoms with Gasteiger partial charge in [-0.1, -0.05) is 0 Å². The molecule has 0 aliphatic carbocycles. The zero-order valence-electron chi connectivity index (χ0n) is 14.4. The summed E-state index contributed by atoms with van der Waals surface area (Å²) in [6.45, 7) is 1.55. The number of ether oxygens (including phenoxy) is 1. The number of aromatic nitrogens is 4.